The molecule has 144 valence electrons. The van der Waals surface area contributed by atoms with Gasteiger partial charge < -0.3 is 10.2 Å². The van der Waals surface area contributed by atoms with Gasteiger partial charge in [0.2, 0.25) is 0 Å². The number of hydrogen-bond donors (Lipinski definition) is 1. The number of nitrogens with zero attached hydrogens (tertiary/aromatic N) is 1. The molecule has 1 aliphatic heterocycles. The summed E-state index contributed by atoms with van der Waals surface area (Å²) in [5.41, 5.74) is 3.79. The number of likely N-dealkylation sites (tertiary alicyclic amines) is 1. The molecule has 0 radical (unpaired) electrons. The summed E-state index contributed by atoms with van der Waals surface area (Å²) in [6.45, 7) is 1.28. The van der Waals surface area contributed by atoms with Gasteiger partial charge in [-0.05, 0) is 62.5 Å². The summed E-state index contributed by atoms with van der Waals surface area (Å²) < 4.78 is 0. The minimum Gasteiger partial charge on any atom is -0.388 e. The van der Waals surface area contributed by atoms with Gasteiger partial charge in [0, 0.05) is 18.8 Å². The smallest absolute Gasteiger partial charge is 0.142 e. The van der Waals surface area contributed by atoms with Crippen LogP contribution in [0.2, 0.25) is 0 Å². The number of carbonyl (C=O) groups is 1. The molecule has 1 heterocycles. The fourth-order valence-corrected chi connectivity index (χ4v) is 3.53. The number of aryl methyl sites for hydroxylation is 1. The SMILES string of the molecule is CNc1ccccc1CC[C@@H]1CCCCN1C.O=C/C=C/c1ccccc1. The molecule has 1 atom stereocenters. The zero-order valence-corrected chi connectivity index (χ0v) is 16.6. The first-order chi connectivity index (χ1) is 13.2. The van der Waals surface area contributed by atoms with Crippen LogP contribution in [0.3, 0.4) is 0 Å². The molecule has 0 bridgehead atoms. The van der Waals surface area contributed by atoms with Crippen molar-refractivity contribution in [3.8, 4) is 0 Å². The molecule has 1 N–H and O–H groups in total. The van der Waals surface area contributed by atoms with Crippen LogP contribution in [0, 0.1) is 0 Å². The van der Waals surface area contributed by atoms with Crippen LogP contribution in [0.4, 0.5) is 5.69 Å². The van der Waals surface area contributed by atoms with Gasteiger partial charge in [-0.1, -0.05) is 61.0 Å². The lowest BCUT2D eigenvalue weighted by Gasteiger charge is -2.32. The molecule has 3 nitrogen and oxygen atoms in total. The number of piperidine rings is 1. The van der Waals surface area contributed by atoms with E-state index in [1.807, 2.05) is 37.4 Å². The third-order valence-corrected chi connectivity index (χ3v) is 5.12. The molecule has 1 fully saturated rings. The van der Waals surface area contributed by atoms with E-state index in [4.69, 9.17) is 0 Å². The van der Waals surface area contributed by atoms with Crippen molar-refractivity contribution >= 4 is 18.0 Å². The summed E-state index contributed by atoms with van der Waals surface area (Å²) in [6, 6.07) is 19.1. The van der Waals surface area contributed by atoms with E-state index in [1.165, 1.54) is 56.0 Å². The Kier molecular flexibility index (Phi) is 9.36. The molecule has 3 heteroatoms. The Labute approximate surface area is 164 Å². The summed E-state index contributed by atoms with van der Waals surface area (Å²) >= 11 is 0. The van der Waals surface area contributed by atoms with Crippen LogP contribution in [-0.4, -0.2) is 37.9 Å². The number of anilines is 1. The first-order valence-corrected chi connectivity index (χ1v) is 9.87. The van der Waals surface area contributed by atoms with Crippen LogP contribution in [0.1, 0.15) is 36.8 Å². The van der Waals surface area contributed by atoms with E-state index in [2.05, 4.69) is 41.5 Å². The Hall–Kier alpha value is -2.39. The molecule has 0 saturated carbocycles. The average Bonchev–Trinajstić information content (AvgIpc) is 2.73. The van der Waals surface area contributed by atoms with Crippen LogP contribution >= 0.6 is 0 Å². The number of para-hydroxylation sites is 1. The Morgan fingerprint density at radius 2 is 1.81 bits per heavy atom. The van der Waals surface area contributed by atoms with Gasteiger partial charge in [0.1, 0.15) is 6.29 Å². The van der Waals surface area contributed by atoms with Crippen LogP contribution in [0.15, 0.2) is 60.7 Å². The van der Waals surface area contributed by atoms with Gasteiger partial charge in [-0.2, -0.15) is 0 Å². The second-order valence-electron chi connectivity index (χ2n) is 6.98. The molecule has 1 aliphatic rings. The number of allylic oxidation sites excluding steroid dienone is 1. The average molecular weight is 365 g/mol. The van der Waals surface area contributed by atoms with Crippen molar-refractivity contribution in [3.05, 3.63) is 71.8 Å². The molecule has 0 unspecified atom stereocenters. The van der Waals surface area contributed by atoms with Crippen molar-refractivity contribution in [2.75, 3.05) is 26.0 Å². The van der Waals surface area contributed by atoms with Gasteiger partial charge in [-0.25, -0.2) is 0 Å². The summed E-state index contributed by atoms with van der Waals surface area (Å²) in [5, 5.41) is 3.28. The van der Waals surface area contributed by atoms with Crippen molar-refractivity contribution < 1.29 is 4.79 Å². The molecule has 27 heavy (non-hydrogen) atoms. The predicted molar refractivity (Wildman–Crippen MR) is 116 cm³/mol. The number of carbonyl (C=O) groups excluding carboxylic acids is 1. The van der Waals surface area contributed by atoms with Crippen LogP contribution < -0.4 is 5.32 Å². The molecule has 2 aromatic carbocycles. The Morgan fingerprint density at radius 3 is 2.52 bits per heavy atom. The number of rotatable bonds is 6. The van der Waals surface area contributed by atoms with Gasteiger partial charge in [-0.3, -0.25) is 4.79 Å². The molecule has 0 aromatic heterocycles. The van der Waals surface area contributed by atoms with Crippen LogP contribution in [-0.2, 0) is 11.2 Å². The van der Waals surface area contributed by atoms with E-state index in [0.717, 1.165) is 17.9 Å². The predicted octanol–water partition coefficient (Wildman–Crippen LogP) is 5.04. The van der Waals surface area contributed by atoms with E-state index in [0.29, 0.717) is 0 Å². The second-order valence-corrected chi connectivity index (χ2v) is 6.98. The number of hydrogen-bond acceptors (Lipinski definition) is 3. The first kappa shape index (κ1) is 20.9. The minimum atomic E-state index is 0.771. The third kappa shape index (κ3) is 7.40. The first-order valence-electron chi connectivity index (χ1n) is 9.87. The highest BCUT2D eigenvalue weighted by molar-refractivity contribution is 5.73. The Bertz CT molecular complexity index is 697. The van der Waals surface area contributed by atoms with Crippen molar-refractivity contribution in [2.24, 2.45) is 0 Å². The molecular weight excluding hydrogens is 332 g/mol. The van der Waals surface area contributed by atoms with E-state index >= 15 is 0 Å². The zero-order valence-electron chi connectivity index (χ0n) is 16.6. The van der Waals surface area contributed by atoms with E-state index in [9.17, 15) is 4.79 Å². The molecule has 2 aromatic rings. The minimum absolute atomic E-state index is 0.771. The maximum Gasteiger partial charge on any atom is 0.142 e. The van der Waals surface area contributed by atoms with Gasteiger partial charge in [0.05, 0.1) is 0 Å². The largest absolute Gasteiger partial charge is 0.388 e. The van der Waals surface area contributed by atoms with Gasteiger partial charge >= 0.3 is 0 Å². The topological polar surface area (TPSA) is 32.3 Å². The highest BCUT2D eigenvalue weighted by atomic mass is 16.1. The molecule has 0 aliphatic carbocycles. The fourth-order valence-electron chi connectivity index (χ4n) is 3.53. The quantitative estimate of drug-likeness (QED) is 0.575. The lowest BCUT2D eigenvalue weighted by Crippen LogP contribution is -2.36. The van der Waals surface area contributed by atoms with Crippen LogP contribution in [0.5, 0.6) is 0 Å². The second kappa shape index (κ2) is 12.1. The molecular formula is C24H32N2O. The van der Waals surface area contributed by atoms with Crippen molar-refractivity contribution in [1.29, 1.82) is 0 Å². The van der Waals surface area contributed by atoms with Crippen molar-refractivity contribution in [2.45, 2.75) is 38.1 Å². The van der Waals surface area contributed by atoms with Crippen molar-refractivity contribution in [1.82, 2.24) is 4.90 Å². The Morgan fingerprint density at radius 1 is 1.07 bits per heavy atom. The number of nitrogens with one attached hydrogen (secondary N) is 1. The maximum absolute atomic E-state index is 9.89. The summed E-state index contributed by atoms with van der Waals surface area (Å²) in [6.07, 6.45) is 10.7. The molecule has 3 rings (SSSR count). The molecule has 0 amide bonds. The monoisotopic (exact) mass is 364 g/mol. The zero-order chi connectivity index (χ0) is 19.3. The van der Waals surface area contributed by atoms with E-state index in [-0.39, 0.29) is 0 Å². The molecule has 0 spiro atoms. The van der Waals surface area contributed by atoms with Gasteiger partial charge in [0.15, 0.2) is 0 Å². The normalized spacial score (nSPS) is 17.2. The fraction of sp³-hybridized carbons (Fsp3) is 0.375. The lowest BCUT2D eigenvalue weighted by molar-refractivity contribution is -0.104. The van der Waals surface area contributed by atoms with E-state index < -0.39 is 0 Å². The standard InChI is InChI=1S/C15H24N2.C9H8O/c1-16-15-9-4-3-7-13(15)10-11-14-8-5-6-12-17(14)2;10-8-4-7-9-5-2-1-3-6-9/h3-4,7,9,14,16H,5-6,8,10-12H2,1-2H3;1-8H/b;7-4+/t14-;/m0./s1. The van der Waals surface area contributed by atoms with Crippen LogP contribution in [0.25, 0.3) is 6.08 Å². The molecule has 1 saturated heterocycles. The number of aldehydes is 1. The van der Waals surface area contributed by atoms with Gasteiger partial charge in [0.25, 0.3) is 0 Å². The summed E-state index contributed by atoms with van der Waals surface area (Å²) in [7, 11) is 4.28. The highest BCUT2D eigenvalue weighted by Crippen LogP contribution is 2.22. The number of benzene rings is 2. The lowest BCUT2D eigenvalue weighted by atomic mass is 9.96. The third-order valence-electron chi connectivity index (χ3n) is 5.12. The summed E-state index contributed by atoms with van der Waals surface area (Å²) in [5.74, 6) is 0. The Balaban J connectivity index is 0.000000223. The van der Waals surface area contributed by atoms with Gasteiger partial charge in [-0.15, -0.1) is 0 Å². The summed E-state index contributed by atoms with van der Waals surface area (Å²) in [4.78, 5) is 12.4. The van der Waals surface area contributed by atoms with E-state index in [1.54, 1.807) is 6.08 Å². The highest BCUT2D eigenvalue weighted by Gasteiger charge is 2.18. The van der Waals surface area contributed by atoms with Crippen molar-refractivity contribution in [3.63, 3.8) is 0 Å². The maximum atomic E-state index is 9.89.